The molecule has 0 saturated heterocycles. The maximum Gasteiger partial charge on any atom is 0.0555 e. The van der Waals surface area contributed by atoms with Gasteiger partial charge in [0.2, 0.25) is 0 Å². The van der Waals surface area contributed by atoms with E-state index in [-0.39, 0.29) is 0 Å². The molecule has 52 heavy (non-hydrogen) atoms. The summed E-state index contributed by atoms with van der Waals surface area (Å²) in [5.74, 6) is 0.606. The van der Waals surface area contributed by atoms with E-state index >= 15 is 0 Å². The van der Waals surface area contributed by atoms with Crippen molar-refractivity contribution in [2.45, 2.75) is 38.0 Å². The SMILES string of the molecule is c1ccc(N(c2ccc(-c3cccc4ccccc34)cc2)c2cccc3sc4ccccc4c23)c(-c2cccc3cccc(C4CCCCC4)c23)c1. The minimum atomic E-state index is 0.606. The van der Waals surface area contributed by atoms with Gasteiger partial charge in [-0.25, -0.2) is 0 Å². The average Bonchev–Trinajstić information content (AvgIpc) is 3.61. The number of fused-ring (bicyclic) bond motifs is 5. The van der Waals surface area contributed by atoms with E-state index in [1.54, 1.807) is 0 Å². The molecular formula is C50H39NS. The molecular weight excluding hydrogens is 647 g/mol. The Morgan fingerprint density at radius 2 is 1.04 bits per heavy atom. The molecule has 1 fully saturated rings. The van der Waals surface area contributed by atoms with E-state index in [2.05, 4.69) is 175 Å². The standard InChI is InChI=1S/C50H39NS/c1-2-14-35(15-3-1)41-24-11-18-37-19-12-25-43(49(37)41)42-21-6-8-26-45(42)51(46-27-13-29-48-50(46)44-22-7-9-28-47(44)52-48)38-32-30-36(31-33-38)40-23-10-17-34-16-4-5-20-39(34)40/h4-13,16-33,35H,1-3,14-15H2. The Hall–Kier alpha value is -5.70. The fourth-order valence-electron chi connectivity index (χ4n) is 8.86. The van der Waals surface area contributed by atoms with Gasteiger partial charge in [0.1, 0.15) is 0 Å². The summed E-state index contributed by atoms with van der Waals surface area (Å²) in [6.45, 7) is 0. The molecule has 1 nitrogen and oxygen atoms in total. The summed E-state index contributed by atoms with van der Waals surface area (Å²) >= 11 is 1.88. The number of hydrogen-bond acceptors (Lipinski definition) is 2. The number of nitrogens with zero attached hydrogens (tertiary/aromatic N) is 1. The number of rotatable bonds is 6. The Balaban J connectivity index is 1.21. The van der Waals surface area contributed by atoms with Crippen LogP contribution in [-0.2, 0) is 0 Å². The molecule has 9 aromatic rings. The molecule has 250 valence electrons. The van der Waals surface area contributed by atoms with Crippen molar-refractivity contribution in [3.63, 3.8) is 0 Å². The third kappa shape index (κ3) is 5.29. The summed E-state index contributed by atoms with van der Waals surface area (Å²) < 4.78 is 2.62. The van der Waals surface area contributed by atoms with Gasteiger partial charge in [-0.1, -0.05) is 153 Å². The van der Waals surface area contributed by atoms with Crippen molar-refractivity contribution in [2.24, 2.45) is 0 Å². The van der Waals surface area contributed by atoms with Crippen LogP contribution in [0.5, 0.6) is 0 Å². The Bertz CT molecular complexity index is 2720. The van der Waals surface area contributed by atoms with Gasteiger partial charge in [-0.05, 0) is 99.0 Å². The molecule has 1 saturated carbocycles. The zero-order chi connectivity index (χ0) is 34.4. The van der Waals surface area contributed by atoms with Crippen LogP contribution in [0.4, 0.5) is 17.1 Å². The molecule has 0 bridgehead atoms. The van der Waals surface area contributed by atoms with E-state index in [0.29, 0.717) is 5.92 Å². The monoisotopic (exact) mass is 685 g/mol. The molecule has 0 radical (unpaired) electrons. The first-order valence-electron chi connectivity index (χ1n) is 18.7. The smallest absolute Gasteiger partial charge is 0.0555 e. The first-order chi connectivity index (χ1) is 25.8. The second-order valence-electron chi connectivity index (χ2n) is 14.3. The largest absolute Gasteiger partial charge is 0.309 e. The summed E-state index contributed by atoms with van der Waals surface area (Å²) in [5, 5.41) is 7.88. The molecule has 1 heterocycles. The third-order valence-electron chi connectivity index (χ3n) is 11.3. The number of anilines is 3. The molecule has 0 aliphatic heterocycles. The lowest BCUT2D eigenvalue weighted by atomic mass is 9.80. The lowest BCUT2D eigenvalue weighted by Gasteiger charge is -2.30. The lowest BCUT2D eigenvalue weighted by Crippen LogP contribution is -2.12. The maximum absolute atomic E-state index is 2.52. The molecule has 0 atom stereocenters. The summed E-state index contributed by atoms with van der Waals surface area (Å²) in [6.07, 6.45) is 6.55. The third-order valence-corrected chi connectivity index (χ3v) is 12.4. The fraction of sp³-hybridized carbons (Fsp3) is 0.120. The van der Waals surface area contributed by atoms with Gasteiger partial charge in [-0.3, -0.25) is 0 Å². The highest BCUT2D eigenvalue weighted by Crippen LogP contribution is 2.49. The minimum Gasteiger partial charge on any atom is -0.309 e. The van der Waals surface area contributed by atoms with Gasteiger partial charge in [0.15, 0.2) is 0 Å². The molecule has 0 spiro atoms. The normalized spacial score (nSPS) is 13.7. The van der Waals surface area contributed by atoms with Crippen LogP contribution in [0.2, 0.25) is 0 Å². The maximum atomic E-state index is 2.52. The molecule has 0 amide bonds. The predicted molar refractivity (Wildman–Crippen MR) is 226 cm³/mol. The second kappa shape index (κ2) is 13.1. The molecule has 2 heteroatoms. The minimum absolute atomic E-state index is 0.606. The predicted octanol–water partition coefficient (Wildman–Crippen LogP) is 15.2. The van der Waals surface area contributed by atoms with Crippen LogP contribution in [0.1, 0.15) is 43.6 Å². The molecule has 8 aromatic carbocycles. The van der Waals surface area contributed by atoms with Crippen molar-refractivity contribution < 1.29 is 0 Å². The topological polar surface area (TPSA) is 3.24 Å². The van der Waals surface area contributed by atoms with Crippen LogP contribution in [0.25, 0.3) is 64.0 Å². The van der Waals surface area contributed by atoms with Gasteiger partial charge in [-0.15, -0.1) is 11.3 Å². The zero-order valence-electron chi connectivity index (χ0n) is 29.1. The number of thiophene rings is 1. The fourth-order valence-corrected chi connectivity index (χ4v) is 9.99. The van der Waals surface area contributed by atoms with Gasteiger partial charge in [0.25, 0.3) is 0 Å². The molecule has 1 aliphatic carbocycles. The summed E-state index contributed by atoms with van der Waals surface area (Å²) in [6, 6.07) is 63.2. The number of para-hydroxylation sites is 1. The van der Waals surface area contributed by atoms with Gasteiger partial charge in [0.05, 0.1) is 11.4 Å². The van der Waals surface area contributed by atoms with Gasteiger partial charge in [0, 0.05) is 31.4 Å². The van der Waals surface area contributed by atoms with Crippen molar-refractivity contribution in [2.75, 3.05) is 4.90 Å². The Kier molecular flexibility index (Phi) is 7.84. The van der Waals surface area contributed by atoms with E-state index in [9.17, 15) is 0 Å². The van der Waals surface area contributed by atoms with E-state index < -0.39 is 0 Å². The van der Waals surface area contributed by atoms with E-state index in [1.807, 2.05) is 11.3 Å². The summed E-state index contributed by atoms with van der Waals surface area (Å²) in [5.41, 5.74) is 10.1. The van der Waals surface area contributed by atoms with Crippen LogP contribution in [0.3, 0.4) is 0 Å². The molecule has 0 unspecified atom stereocenters. The van der Waals surface area contributed by atoms with Gasteiger partial charge < -0.3 is 4.90 Å². The first-order valence-corrected chi connectivity index (χ1v) is 19.5. The Labute approximate surface area is 309 Å². The summed E-state index contributed by atoms with van der Waals surface area (Å²) in [4.78, 5) is 2.52. The zero-order valence-corrected chi connectivity index (χ0v) is 30.0. The van der Waals surface area contributed by atoms with Crippen LogP contribution in [0, 0.1) is 0 Å². The lowest BCUT2D eigenvalue weighted by molar-refractivity contribution is 0.445. The van der Waals surface area contributed by atoms with Crippen LogP contribution >= 0.6 is 11.3 Å². The van der Waals surface area contributed by atoms with Crippen molar-refractivity contribution in [3.05, 3.63) is 175 Å². The molecule has 0 N–H and O–H groups in total. The first kappa shape index (κ1) is 31.1. The van der Waals surface area contributed by atoms with E-state index in [1.165, 1.54) is 113 Å². The summed E-state index contributed by atoms with van der Waals surface area (Å²) in [7, 11) is 0. The highest BCUT2D eigenvalue weighted by atomic mass is 32.1. The molecule has 1 aromatic heterocycles. The van der Waals surface area contributed by atoms with Crippen LogP contribution in [0.15, 0.2) is 170 Å². The van der Waals surface area contributed by atoms with Gasteiger partial charge in [-0.2, -0.15) is 0 Å². The Morgan fingerprint density at radius 1 is 0.423 bits per heavy atom. The van der Waals surface area contributed by atoms with E-state index in [0.717, 1.165) is 5.69 Å². The van der Waals surface area contributed by atoms with Crippen LogP contribution < -0.4 is 4.90 Å². The van der Waals surface area contributed by atoms with Crippen molar-refractivity contribution in [1.29, 1.82) is 0 Å². The van der Waals surface area contributed by atoms with Crippen LogP contribution in [-0.4, -0.2) is 0 Å². The quantitative estimate of drug-likeness (QED) is 0.168. The van der Waals surface area contributed by atoms with Crippen molar-refractivity contribution in [1.82, 2.24) is 0 Å². The molecule has 1 aliphatic rings. The van der Waals surface area contributed by atoms with Crippen molar-refractivity contribution in [3.8, 4) is 22.3 Å². The number of hydrogen-bond donors (Lipinski definition) is 0. The second-order valence-corrected chi connectivity index (χ2v) is 15.3. The average molecular weight is 686 g/mol. The Morgan fingerprint density at radius 3 is 1.90 bits per heavy atom. The molecule has 10 rings (SSSR count). The van der Waals surface area contributed by atoms with E-state index in [4.69, 9.17) is 0 Å². The number of benzene rings is 8. The highest BCUT2D eigenvalue weighted by molar-refractivity contribution is 7.26. The van der Waals surface area contributed by atoms with Gasteiger partial charge >= 0.3 is 0 Å². The van der Waals surface area contributed by atoms with Crippen molar-refractivity contribution >= 4 is 70.1 Å². The highest BCUT2D eigenvalue weighted by Gasteiger charge is 2.24.